The molecule has 0 unspecified atom stereocenters. The molecular weight excluding hydrogens is 400 g/mol. The second-order valence-electron chi connectivity index (χ2n) is 7.04. The van der Waals surface area contributed by atoms with E-state index in [1.165, 1.54) is 0 Å². The van der Waals surface area contributed by atoms with Crippen LogP contribution in [0, 0.1) is 0 Å². The summed E-state index contributed by atoms with van der Waals surface area (Å²) in [6, 6.07) is 15.1. The van der Waals surface area contributed by atoms with Crippen LogP contribution in [-0.2, 0) is 0 Å². The second kappa shape index (κ2) is 9.13. The lowest BCUT2D eigenvalue weighted by Crippen LogP contribution is -2.40. The van der Waals surface area contributed by atoms with E-state index in [0.717, 1.165) is 34.2 Å². The van der Waals surface area contributed by atoms with E-state index in [1.807, 2.05) is 53.4 Å². The number of hydrogen-bond donors (Lipinski definition) is 1. The molecule has 0 radical (unpaired) electrons. The molecule has 3 aromatic rings. The Bertz CT molecular complexity index is 1010. The van der Waals surface area contributed by atoms with Crippen LogP contribution in [0.25, 0.3) is 10.6 Å². The second-order valence-corrected chi connectivity index (χ2v) is 8.05. The van der Waals surface area contributed by atoms with Gasteiger partial charge in [-0.3, -0.25) is 0 Å². The van der Waals surface area contributed by atoms with Crippen LogP contribution in [0.2, 0.25) is 0 Å². The van der Waals surface area contributed by atoms with Crippen LogP contribution >= 0.6 is 11.3 Å². The van der Waals surface area contributed by atoms with Crippen LogP contribution in [-0.4, -0.2) is 48.4 Å². The van der Waals surface area contributed by atoms with Crippen molar-refractivity contribution in [3.63, 3.8) is 0 Å². The highest BCUT2D eigenvalue weighted by Crippen LogP contribution is 2.36. The van der Waals surface area contributed by atoms with E-state index in [0.29, 0.717) is 30.4 Å². The Labute approximate surface area is 179 Å². The van der Waals surface area contributed by atoms with Crippen molar-refractivity contribution in [2.24, 2.45) is 0 Å². The van der Waals surface area contributed by atoms with Gasteiger partial charge in [-0.1, -0.05) is 35.6 Å². The number of carbonyl (C=O) groups is 1. The highest BCUT2D eigenvalue weighted by molar-refractivity contribution is 7.14. The van der Waals surface area contributed by atoms with E-state index < -0.39 is 0 Å². The summed E-state index contributed by atoms with van der Waals surface area (Å²) in [4.78, 5) is 14.5. The predicted molar refractivity (Wildman–Crippen MR) is 117 cm³/mol. The molecule has 0 aliphatic carbocycles. The van der Waals surface area contributed by atoms with Gasteiger partial charge in [0.1, 0.15) is 16.5 Å². The number of nitrogens with zero attached hydrogens (tertiary/aromatic N) is 3. The Hall–Kier alpha value is -3.13. The summed E-state index contributed by atoms with van der Waals surface area (Å²) < 4.78 is 10.7. The van der Waals surface area contributed by atoms with Gasteiger partial charge in [0.15, 0.2) is 5.01 Å². The molecule has 0 saturated carbocycles. The Kier molecular flexibility index (Phi) is 6.13. The van der Waals surface area contributed by atoms with Gasteiger partial charge in [-0.15, -0.1) is 10.2 Å². The summed E-state index contributed by atoms with van der Waals surface area (Å²) in [5.41, 5.74) is 1.63. The fourth-order valence-electron chi connectivity index (χ4n) is 3.60. The average Bonchev–Trinajstić information content (AvgIpc) is 3.29. The standard InChI is InChI=1S/C22H24N4O3S/c1-28-18-9-5-3-7-16(18)21-25-24-20(30-21)15-11-13-26(14-12-15)22(27)23-17-8-4-6-10-19(17)29-2/h3-10,15H,11-14H2,1-2H3,(H,23,27). The lowest BCUT2D eigenvalue weighted by atomic mass is 9.98. The molecule has 1 aliphatic rings. The van der Waals surface area contributed by atoms with Gasteiger partial charge in [-0.2, -0.15) is 0 Å². The third-order valence-electron chi connectivity index (χ3n) is 5.26. The largest absolute Gasteiger partial charge is 0.496 e. The number of para-hydroxylation sites is 3. The number of likely N-dealkylation sites (tertiary alicyclic amines) is 1. The number of aromatic nitrogens is 2. The van der Waals surface area contributed by atoms with Gasteiger partial charge in [0.25, 0.3) is 0 Å². The summed E-state index contributed by atoms with van der Waals surface area (Å²) >= 11 is 1.60. The minimum Gasteiger partial charge on any atom is -0.496 e. The predicted octanol–water partition coefficient (Wildman–Crippen LogP) is 4.63. The molecule has 1 aromatic heterocycles. The Morgan fingerprint density at radius 1 is 1.00 bits per heavy atom. The summed E-state index contributed by atoms with van der Waals surface area (Å²) in [6.07, 6.45) is 1.72. The molecule has 0 bridgehead atoms. The van der Waals surface area contributed by atoms with Crippen molar-refractivity contribution >= 4 is 23.1 Å². The lowest BCUT2D eigenvalue weighted by molar-refractivity contribution is 0.194. The number of methoxy groups -OCH3 is 2. The third-order valence-corrected chi connectivity index (χ3v) is 6.38. The molecule has 2 amide bonds. The van der Waals surface area contributed by atoms with E-state index in [4.69, 9.17) is 9.47 Å². The van der Waals surface area contributed by atoms with Crippen molar-refractivity contribution in [1.29, 1.82) is 0 Å². The van der Waals surface area contributed by atoms with Crippen LogP contribution in [0.4, 0.5) is 10.5 Å². The SMILES string of the molecule is COc1ccccc1NC(=O)N1CCC(c2nnc(-c3ccccc3OC)s2)CC1. The molecule has 2 heterocycles. The molecule has 1 saturated heterocycles. The summed E-state index contributed by atoms with van der Waals surface area (Å²) in [5, 5.41) is 13.6. The molecule has 4 rings (SSSR count). The van der Waals surface area contributed by atoms with Gasteiger partial charge in [-0.05, 0) is 37.1 Å². The fraction of sp³-hybridized carbons (Fsp3) is 0.318. The van der Waals surface area contributed by atoms with Gasteiger partial charge in [-0.25, -0.2) is 4.79 Å². The summed E-state index contributed by atoms with van der Waals surface area (Å²) in [5.74, 6) is 1.75. The van der Waals surface area contributed by atoms with Gasteiger partial charge in [0.2, 0.25) is 0 Å². The molecule has 8 heteroatoms. The van der Waals surface area contributed by atoms with E-state index in [2.05, 4.69) is 15.5 Å². The maximum Gasteiger partial charge on any atom is 0.321 e. The third kappa shape index (κ3) is 4.23. The number of amides is 2. The topological polar surface area (TPSA) is 76.6 Å². The molecule has 30 heavy (non-hydrogen) atoms. The van der Waals surface area contributed by atoms with E-state index in [9.17, 15) is 4.79 Å². The first-order valence-corrected chi connectivity index (χ1v) is 10.7. The number of carbonyl (C=O) groups excluding carboxylic acids is 1. The van der Waals surface area contributed by atoms with Gasteiger partial charge < -0.3 is 19.7 Å². The number of urea groups is 1. The van der Waals surface area contributed by atoms with E-state index in [-0.39, 0.29) is 6.03 Å². The van der Waals surface area contributed by atoms with Gasteiger partial charge >= 0.3 is 6.03 Å². The molecular formula is C22H24N4O3S. The highest BCUT2D eigenvalue weighted by atomic mass is 32.1. The maximum atomic E-state index is 12.7. The Balaban J connectivity index is 1.38. The lowest BCUT2D eigenvalue weighted by Gasteiger charge is -2.31. The average molecular weight is 425 g/mol. The Morgan fingerprint density at radius 2 is 1.67 bits per heavy atom. The Morgan fingerprint density at radius 3 is 2.40 bits per heavy atom. The number of rotatable bonds is 5. The van der Waals surface area contributed by atoms with Crippen molar-refractivity contribution in [1.82, 2.24) is 15.1 Å². The first-order valence-electron chi connectivity index (χ1n) is 9.85. The van der Waals surface area contributed by atoms with Crippen molar-refractivity contribution in [2.75, 3.05) is 32.6 Å². The van der Waals surface area contributed by atoms with Crippen LogP contribution in [0.5, 0.6) is 11.5 Å². The van der Waals surface area contributed by atoms with Gasteiger partial charge in [0, 0.05) is 19.0 Å². The zero-order valence-corrected chi connectivity index (χ0v) is 17.8. The van der Waals surface area contributed by atoms with Crippen LogP contribution in [0.15, 0.2) is 48.5 Å². The van der Waals surface area contributed by atoms with Crippen LogP contribution in [0.3, 0.4) is 0 Å². The normalized spacial score (nSPS) is 14.4. The number of nitrogens with one attached hydrogen (secondary N) is 1. The number of hydrogen-bond acceptors (Lipinski definition) is 6. The molecule has 2 aromatic carbocycles. The highest BCUT2D eigenvalue weighted by Gasteiger charge is 2.27. The van der Waals surface area contributed by atoms with E-state index in [1.54, 1.807) is 25.6 Å². The zero-order chi connectivity index (χ0) is 20.9. The molecule has 0 spiro atoms. The minimum absolute atomic E-state index is 0.107. The van der Waals surface area contributed by atoms with Crippen molar-refractivity contribution in [2.45, 2.75) is 18.8 Å². The smallest absolute Gasteiger partial charge is 0.321 e. The molecule has 1 N–H and O–H groups in total. The first kappa shape index (κ1) is 20.2. The number of benzene rings is 2. The van der Waals surface area contributed by atoms with E-state index >= 15 is 0 Å². The first-order chi connectivity index (χ1) is 14.7. The van der Waals surface area contributed by atoms with Crippen molar-refractivity contribution in [3.8, 4) is 22.1 Å². The van der Waals surface area contributed by atoms with Crippen molar-refractivity contribution < 1.29 is 14.3 Å². The molecule has 7 nitrogen and oxygen atoms in total. The minimum atomic E-state index is -0.107. The fourth-order valence-corrected chi connectivity index (χ4v) is 4.64. The number of anilines is 1. The van der Waals surface area contributed by atoms with Gasteiger partial charge in [0.05, 0.1) is 25.5 Å². The number of piperidine rings is 1. The van der Waals surface area contributed by atoms with Crippen molar-refractivity contribution in [3.05, 3.63) is 53.5 Å². The quantitative estimate of drug-likeness (QED) is 0.646. The molecule has 1 fully saturated rings. The molecule has 156 valence electrons. The maximum absolute atomic E-state index is 12.7. The zero-order valence-electron chi connectivity index (χ0n) is 17.0. The van der Waals surface area contributed by atoms with Crippen LogP contribution in [0.1, 0.15) is 23.8 Å². The summed E-state index contributed by atoms with van der Waals surface area (Å²) in [6.45, 7) is 1.35. The monoisotopic (exact) mass is 424 g/mol. The number of ether oxygens (including phenoxy) is 2. The van der Waals surface area contributed by atoms with Crippen LogP contribution < -0.4 is 14.8 Å². The molecule has 1 aliphatic heterocycles. The summed E-state index contributed by atoms with van der Waals surface area (Å²) in [7, 11) is 3.25. The molecule has 0 atom stereocenters.